The molecule has 3 aromatic heterocycles. The minimum Gasteiger partial charge on any atom is -0.497 e. The first-order chi connectivity index (χ1) is 18.8. The van der Waals surface area contributed by atoms with Gasteiger partial charge in [-0.2, -0.15) is 0 Å². The number of carbonyl (C=O) groups is 1. The van der Waals surface area contributed by atoms with Gasteiger partial charge in [0.15, 0.2) is 5.69 Å². The van der Waals surface area contributed by atoms with Crippen molar-refractivity contribution >= 4 is 29.2 Å². The molecule has 7 rings (SSSR count). The highest BCUT2D eigenvalue weighted by Gasteiger charge is 2.49. The fourth-order valence-corrected chi connectivity index (χ4v) is 6.28. The number of fused-ring (bicyclic) bond motifs is 3. The van der Waals surface area contributed by atoms with Gasteiger partial charge in [0.1, 0.15) is 22.9 Å². The lowest BCUT2D eigenvalue weighted by atomic mass is 9.59. The van der Waals surface area contributed by atoms with Crippen LogP contribution in [0.1, 0.15) is 84.8 Å². The molecule has 0 amide bonds. The molecule has 4 aliphatic rings. The fraction of sp³-hybridized carbons (Fsp3) is 0.448. The highest BCUT2D eigenvalue weighted by molar-refractivity contribution is 6.38. The molecule has 10 heteroatoms. The van der Waals surface area contributed by atoms with E-state index in [1.807, 2.05) is 0 Å². The zero-order chi connectivity index (χ0) is 27.2. The second kappa shape index (κ2) is 10.1. The number of aromatic carboxylic acids is 1. The van der Waals surface area contributed by atoms with Gasteiger partial charge in [0.05, 0.1) is 29.4 Å². The summed E-state index contributed by atoms with van der Waals surface area (Å²) in [5, 5.41) is 14.6. The third kappa shape index (κ3) is 5.11. The van der Waals surface area contributed by atoms with Crippen LogP contribution in [0.15, 0.2) is 29.0 Å². The number of hydrogen-bond acceptors (Lipinski definition) is 7. The summed E-state index contributed by atoms with van der Waals surface area (Å²) in [5.74, 6) is 7.12. The molecule has 4 fully saturated rings. The van der Waals surface area contributed by atoms with Crippen molar-refractivity contribution in [3.63, 3.8) is 0 Å². The third-order valence-electron chi connectivity index (χ3n) is 8.27. The molecule has 0 radical (unpaired) electrons. The van der Waals surface area contributed by atoms with E-state index >= 15 is 0 Å². The molecule has 2 bridgehead atoms. The van der Waals surface area contributed by atoms with Crippen LogP contribution in [-0.2, 0) is 11.3 Å². The van der Waals surface area contributed by atoms with Crippen molar-refractivity contribution in [2.24, 2.45) is 5.41 Å². The van der Waals surface area contributed by atoms with E-state index in [2.05, 4.69) is 27.0 Å². The molecule has 8 nitrogen and oxygen atoms in total. The Kier molecular flexibility index (Phi) is 6.78. The van der Waals surface area contributed by atoms with Crippen LogP contribution in [-0.4, -0.2) is 38.9 Å². The average molecular weight is 568 g/mol. The maximum atomic E-state index is 11.4. The van der Waals surface area contributed by atoms with E-state index in [0.29, 0.717) is 45.3 Å². The number of carboxylic acids is 1. The highest BCUT2D eigenvalue weighted by atomic mass is 35.5. The SMILES string of the molecule is COc1cc(C#CC23CCC(OCc4c(-c5c(Cl)cncc5Cl)noc4C4CC4)(CC2)CC3)nc(C(=O)O)c1. The second-order valence-electron chi connectivity index (χ2n) is 10.7. The fourth-order valence-electron chi connectivity index (χ4n) is 5.74. The molecule has 0 aliphatic heterocycles. The van der Waals surface area contributed by atoms with Crippen LogP contribution in [0.2, 0.25) is 10.0 Å². The van der Waals surface area contributed by atoms with Gasteiger partial charge in [0.2, 0.25) is 0 Å². The van der Waals surface area contributed by atoms with Crippen molar-refractivity contribution in [2.75, 3.05) is 7.11 Å². The van der Waals surface area contributed by atoms with Crippen molar-refractivity contribution in [2.45, 2.75) is 69.5 Å². The number of methoxy groups -OCH3 is 1. The van der Waals surface area contributed by atoms with Crippen molar-refractivity contribution < 1.29 is 23.9 Å². The maximum absolute atomic E-state index is 11.4. The Hall–Kier alpha value is -3.12. The largest absolute Gasteiger partial charge is 0.497 e. The Labute approximate surface area is 236 Å². The van der Waals surface area contributed by atoms with Gasteiger partial charge in [-0.1, -0.05) is 34.3 Å². The van der Waals surface area contributed by atoms with Crippen molar-refractivity contribution in [3.8, 4) is 28.8 Å². The van der Waals surface area contributed by atoms with Gasteiger partial charge < -0.3 is 19.1 Å². The third-order valence-corrected chi connectivity index (χ3v) is 8.84. The lowest BCUT2D eigenvalue weighted by molar-refractivity contribution is -0.131. The molecule has 3 heterocycles. The molecular weight excluding hydrogens is 541 g/mol. The Morgan fingerprint density at radius 1 is 1.13 bits per heavy atom. The predicted molar refractivity (Wildman–Crippen MR) is 144 cm³/mol. The number of hydrogen-bond donors (Lipinski definition) is 1. The van der Waals surface area contributed by atoms with E-state index in [4.69, 9.17) is 37.2 Å². The lowest BCUT2D eigenvalue weighted by Crippen LogP contribution is -2.47. The van der Waals surface area contributed by atoms with Crippen LogP contribution >= 0.6 is 23.2 Å². The topological polar surface area (TPSA) is 108 Å². The monoisotopic (exact) mass is 567 g/mol. The normalized spacial score (nSPS) is 23.8. The zero-order valence-corrected chi connectivity index (χ0v) is 22.9. The maximum Gasteiger partial charge on any atom is 0.354 e. The number of carboxylic acid groups (broad SMARTS) is 1. The minimum absolute atomic E-state index is 0.0798. The molecule has 39 heavy (non-hydrogen) atoms. The summed E-state index contributed by atoms with van der Waals surface area (Å²) in [7, 11) is 1.50. The molecule has 202 valence electrons. The summed E-state index contributed by atoms with van der Waals surface area (Å²) >= 11 is 12.9. The van der Waals surface area contributed by atoms with Crippen LogP contribution in [0.5, 0.6) is 5.75 Å². The number of nitrogens with zero attached hydrogens (tertiary/aromatic N) is 3. The molecule has 3 aromatic rings. The van der Waals surface area contributed by atoms with Crippen LogP contribution in [0.3, 0.4) is 0 Å². The Morgan fingerprint density at radius 3 is 2.44 bits per heavy atom. The highest BCUT2D eigenvalue weighted by Crippen LogP contribution is 2.54. The van der Waals surface area contributed by atoms with Gasteiger partial charge in [0.25, 0.3) is 0 Å². The van der Waals surface area contributed by atoms with E-state index in [-0.39, 0.29) is 16.7 Å². The molecule has 0 unspecified atom stereocenters. The van der Waals surface area contributed by atoms with Gasteiger partial charge in [0, 0.05) is 47.0 Å². The van der Waals surface area contributed by atoms with Crippen molar-refractivity contribution in [1.82, 2.24) is 15.1 Å². The van der Waals surface area contributed by atoms with Gasteiger partial charge in [-0.3, -0.25) is 4.98 Å². The summed E-state index contributed by atoms with van der Waals surface area (Å²) in [6, 6.07) is 3.06. The van der Waals surface area contributed by atoms with E-state index in [0.717, 1.165) is 62.7 Å². The number of ether oxygens (including phenoxy) is 2. The van der Waals surface area contributed by atoms with Crippen LogP contribution in [0.25, 0.3) is 11.3 Å². The quantitative estimate of drug-likeness (QED) is 0.315. The van der Waals surface area contributed by atoms with Crippen molar-refractivity contribution in [1.29, 1.82) is 0 Å². The van der Waals surface area contributed by atoms with E-state index in [1.54, 1.807) is 18.5 Å². The number of rotatable bonds is 7. The Balaban J connectivity index is 1.19. The van der Waals surface area contributed by atoms with E-state index < -0.39 is 5.97 Å². The summed E-state index contributed by atoms with van der Waals surface area (Å²) in [4.78, 5) is 19.7. The van der Waals surface area contributed by atoms with Gasteiger partial charge in [-0.05, 0) is 57.3 Å². The smallest absolute Gasteiger partial charge is 0.354 e. The molecule has 4 saturated carbocycles. The van der Waals surface area contributed by atoms with E-state index in [9.17, 15) is 9.90 Å². The summed E-state index contributed by atoms with van der Waals surface area (Å²) in [6.45, 7) is 0.379. The molecule has 4 aliphatic carbocycles. The lowest BCUT2D eigenvalue weighted by Gasteiger charge is -2.51. The number of pyridine rings is 2. The van der Waals surface area contributed by atoms with Gasteiger partial charge >= 0.3 is 5.97 Å². The first-order valence-corrected chi connectivity index (χ1v) is 13.8. The zero-order valence-electron chi connectivity index (χ0n) is 21.4. The number of halogens is 2. The molecule has 1 N–H and O–H groups in total. The molecule has 0 spiro atoms. The Bertz CT molecular complexity index is 1460. The number of aromatic nitrogens is 3. The minimum atomic E-state index is -1.11. The first-order valence-electron chi connectivity index (χ1n) is 13.0. The van der Waals surface area contributed by atoms with Crippen molar-refractivity contribution in [3.05, 3.63) is 57.3 Å². The molecular formula is C29H27Cl2N3O5. The Morgan fingerprint density at radius 2 is 1.82 bits per heavy atom. The average Bonchev–Trinajstić information content (AvgIpc) is 3.71. The van der Waals surface area contributed by atoms with Gasteiger partial charge in [-0.15, -0.1) is 0 Å². The summed E-state index contributed by atoms with van der Waals surface area (Å²) < 4.78 is 17.7. The van der Waals surface area contributed by atoms with Crippen LogP contribution in [0, 0.1) is 17.3 Å². The van der Waals surface area contributed by atoms with Gasteiger partial charge in [-0.25, -0.2) is 9.78 Å². The first kappa shape index (κ1) is 26.1. The standard InChI is InChI=1S/C29H27Cl2N3O5/c1-37-19-12-18(33-23(13-19)27(35)36)4-5-28-6-9-29(10-7-28,11-8-28)38-16-20-25(34-39-26(20)17-2-3-17)24-21(30)14-32-15-22(24)31/h12-15,17H,2-3,6-11,16H2,1H3,(H,35,36). The molecule has 0 aromatic carbocycles. The summed E-state index contributed by atoms with van der Waals surface area (Å²) in [5.41, 5.74) is 2.14. The molecule has 0 saturated heterocycles. The summed E-state index contributed by atoms with van der Waals surface area (Å²) in [6.07, 6.45) is 10.7. The van der Waals surface area contributed by atoms with Crippen LogP contribution < -0.4 is 4.74 Å². The van der Waals surface area contributed by atoms with E-state index in [1.165, 1.54) is 13.2 Å². The predicted octanol–water partition coefficient (Wildman–Crippen LogP) is 6.68. The molecule has 0 atom stereocenters. The van der Waals surface area contributed by atoms with Crippen LogP contribution in [0.4, 0.5) is 0 Å². The second-order valence-corrected chi connectivity index (χ2v) is 11.5.